The lowest BCUT2D eigenvalue weighted by molar-refractivity contribution is -0.138. The molecule has 0 bridgehead atoms. The number of ether oxygens (including phenoxy) is 2. The van der Waals surface area contributed by atoms with Crippen molar-refractivity contribution in [2.24, 2.45) is 0 Å². The Hall–Kier alpha value is -2.33. The van der Waals surface area contributed by atoms with E-state index in [2.05, 4.69) is 6.07 Å². The predicted molar refractivity (Wildman–Crippen MR) is 92.5 cm³/mol. The second kappa shape index (κ2) is 7.05. The van der Waals surface area contributed by atoms with Gasteiger partial charge in [0.05, 0.1) is 19.1 Å². The van der Waals surface area contributed by atoms with Gasteiger partial charge in [-0.05, 0) is 59.7 Å². The smallest absolute Gasteiger partial charge is 0.310 e. The van der Waals surface area contributed by atoms with Crippen LogP contribution in [0.5, 0.6) is 5.75 Å². The Bertz CT molecular complexity index is 751. The van der Waals surface area contributed by atoms with E-state index < -0.39 is 11.9 Å². The fraction of sp³-hybridized carbons (Fsp3) is 0.350. The van der Waals surface area contributed by atoms with Crippen LogP contribution < -0.4 is 4.74 Å². The minimum atomic E-state index is -0.827. The van der Waals surface area contributed by atoms with Crippen molar-refractivity contribution in [3.8, 4) is 16.9 Å². The maximum absolute atomic E-state index is 11.5. The van der Waals surface area contributed by atoms with Crippen LogP contribution in [-0.4, -0.2) is 24.8 Å². The van der Waals surface area contributed by atoms with Crippen molar-refractivity contribution >= 4 is 5.97 Å². The summed E-state index contributed by atoms with van der Waals surface area (Å²) in [6, 6.07) is 11.9. The Morgan fingerprint density at radius 2 is 2.17 bits per heavy atom. The molecule has 0 saturated heterocycles. The third kappa shape index (κ3) is 3.15. The van der Waals surface area contributed by atoms with Crippen molar-refractivity contribution in [3.63, 3.8) is 0 Å². The van der Waals surface area contributed by atoms with Gasteiger partial charge in [0.25, 0.3) is 0 Å². The number of carboxylic acid groups (broad SMARTS) is 1. The summed E-state index contributed by atoms with van der Waals surface area (Å²) in [4.78, 5) is 11.5. The van der Waals surface area contributed by atoms with Crippen molar-refractivity contribution in [3.05, 3.63) is 53.1 Å². The molecule has 1 atom stereocenters. The van der Waals surface area contributed by atoms with E-state index in [-0.39, 0.29) is 0 Å². The average molecular weight is 326 g/mol. The molecule has 0 saturated carbocycles. The molecule has 0 spiro atoms. The van der Waals surface area contributed by atoms with Gasteiger partial charge in [-0.3, -0.25) is 4.79 Å². The quantitative estimate of drug-likeness (QED) is 0.902. The van der Waals surface area contributed by atoms with Crippen molar-refractivity contribution in [1.29, 1.82) is 0 Å². The number of carbonyl (C=O) groups is 1. The molecule has 2 aromatic carbocycles. The summed E-state index contributed by atoms with van der Waals surface area (Å²) < 4.78 is 11.0. The summed E-state index contributed by atoms with van der Waals surface area (Å²) >= 11 is 0. The van der Waals surface area contributed by atoms with Crippen LogP contribution in [0, 0.1) is 0 Å². The maximum atomic E-state index is 11.5. The lowest BCUT2D eigenvalue weighted by Gasteiger charge is -2.21. The Morgan fingerprint density at radius 3 is 2.92 bits per heavy atom. The number of benzene rings is 2. The molecule has 3 rings (SSSR count). The van der Waals surface area contributed by atoms with Crippen molar-refractivity contribution in [1.82, 2.24) is 0 Å². The number of aliphatic carboxylic acids is 1. The van der Waals surface area contributed by atoms with Crippen LogP contribution in [0.4, 0.5) is 0 Å². The van der Waals surface area contributed by atoms with Crippen molar-refractivity contribution in [2.45, 2.75) is 32.3 Å². The van der Waals surface area contributed by atoms with Crippen LogP contribution in [0.15, 0.2) is 36.4 Å². The topological polar surface area (TPSA) is 55.8 Å². The number of methoxy groups -OCH3 is 1. The molecular weight excluding hydrogens is 304 g/mol. The number of hydrogen-bond donors (Lipinski definition) is 1. The first-order chi connectivity index (χ1) is 11.6. The number of aryl methyl sites for hydroxylation is 1. The predicted octanol–water partition coefficient (Wildman–Crippen LogP) is 4.01. The normalized spacial score (nSPS) is 14.6. The van der Waals surface area contributed by atoms with E-state index in [9.17, 15) is 9.90 Å². The first-order valence-corrected chi connectivity index (χ1v) is 8.21. The molecular formula is C20H22O4. The molecule has 126 valence electrons. The minimum absolute atomic E-state index is 0.448. The lowest BCUT2D eigenvalue weighted by Crippen LogP contribution is -2.11. The van der Waals surface area contributed by atoms with Gasteiger partial charge in [-0.2, -0.15) is 0 Å². The van der Waals surface area contributed by atoms with Gasteiger partial charge in [-0.25, -0.2) is 0 Å². The molecule has 1 unspecified atom stereocenters. The fourth-order valence-corrected chi connectivity index (χ4v) is 3.26. The Balaban J connectivity index is 2.15. The largest absolute Gasteiger partial charge is 0.493 e. The van der Waals surface area contributed by atoms with Crippen LogP contribution in [0.2, 0.25) is 0 Å². The van der Waals surface area contributed by atoms with E-state index >= 15 is 0 Å². The summed E-state index contributed by atoms with van der Waals surface area (Å²) in [5.74, 6) is -0.474. The minimum Gasteiger partial charge on any atom is -0.493 e. The zero-order valence-electron chi connectivity index (χ0n) is 14.0. The molecule has 0 amide bonds. The van der Waals surface area contributed by atoms with E-state index in [4.69, 9.17) is 9.47 Å². The summed E-state index contributed by atoms with van der Waals surface area (Å²) in [5, 5.41) is 9.47. The van der Waals surface area contributed by atoms with E-state index in [0.29, 0.717) is 6.61 Å². The molecule has 0 fully saturated rings. The zero-order valence-corrected chi connectivity index (χ0v) is 14.0. The SMILES string of the molecule is COCc1cccc(C(C)C(=O)O)c1-c1ccc2c(c1)CCCO2. The fourth-order valence-electron chi connectivity index (χ4n) is 3.26. The first kappa shape index (κ1) is 16.5. The molecule has 4 nitrogen and oxygen atoms in total. The highest BCUT2D eigenvalue weighted by molar-refractivity contribution is 5.82. The molecule has 1 N–H and O–H groups in total. The monoisotopic (exact) mass is 326 g/mol. The van der Waals surface area contributed by atoms with Gasteiger partial charge < -0.3 is 14.6 Å². The highest BCUT2D eigenvalue weighted by atomic mass is 16.5. The highest BCUT2D eigenvalue weighted by Gasteiger charge is 2.21. The maximum Gasteiger partial charge on any atom is 0.310 e. The van der Waals surface area contributed by atoms with Gasteiger partial charge in [-0.15, -0.1) is 0 Å². The average Bonchev–Trinajstić information content (AvgIpc) is 2.60. The molecule has 2 aromatic rings. The molecule has 4 heteroatoms. The van der Waals surface area contributed by atoms with Crippen LogP contribution in [0.1, 0.15) is 36.0 Å². The van der Waals surface area contributed by atoms with Crippen molar-refractivity contribution in [2.75, 3.05) is 13.7 Å². The number of fused-ring (bicyclic) bond motifs is 1. The summed E-state index contributed by atoms with van der Waals surface area (Å²) in [6.45, 7) is 2.93. The summed E-state index contributed by atoms with van der Waals surface area (Å²) in [5.41, 5.74) is 4.98. The van der Waals surface area contributed by atoms with Crippen LogP contribution >= 0.6 is 0 Å². The van der Waals surface area contributed by atoms with E-state index in [0.717, 1.165) is 47.5 Å². The molecule has 1 aliphatic rings. The number of carboxylic acids is 1. The van der Waals surface area contributed by atoms with Gasteiger partial charge in [0.15, 0.2) is 0 Å². The van der Waals surface area contributed by atoms with Crippen LogP contribution in [0.3, 0.4) is 0 Å². The Morgan fingerprint density at radius 1 is 1.33 bits per heavy atom. The lowest BCUT2D eigenvalue weighted by atomic mass is 9.87. The second-order valence-corrected chi connectivity index (χ2v) is 6.15. The number of hydrogen-bond acceptors (Lipinski definition) is 3. The van der Waals surface area contributed by atoms with Gasteiger partial charge in [0, 0.05) is 7.11 Å². The molecule has 24 heavy (non-hydrogen) atoms. The number of rotatable bonds is 5. The van der Waals surface area contributed by atoms with E-state index in [1.807, 2.05) is 30.3 Å². The third-order valence-electron chi connectivity index (χ3n) is 4.52. The standard InChI is InChI=1S/C20H22O4/c1-13(20(21)22)17-7-3-5-16(12-23-2)19(17)15-8-9-18-14(11-15)6-4-10-24-18/h3,5,7-9,11,13H,4,6,10,12H2,1-2H3,(H,21,22). The molecule has 0 aliphatic carbocycles. The van der Waals surface area contributed by atoms with Gasteiger partial charge >= 0.3 is 5.97 Å². The van der Waals surface area contributed by atoms with Crippen LogP contribution in [-0.2, 0) is 22.6 Å². The molecule has 1 aliphatic heterocycles. The highest BCUT2D eigenvalue weighted by Crippen LogP contribution is 2.36. The third-order valence-corrected chi connectivity index (χ3v) is 4.52. The van der Waals surface area contributed by atoms with E-state index in [1.165, 1.54) is 5.56 Å². The Kier molecular flexibility index (Phi) is 4.86. The van der Waals surface area contributed by atoms with Gasteiger partial charge in [0.2, 0.25) is 0 Å². The van der Waals surface area contributed by atoms with Gasteiger partial charge in [0.1, 0.15) is 5.75 Å². The molecule has 1 heterocycles. The first-order valence-electron chi connectivity index (χ1n) is 8.21. The molecule has 0 radical (unpaired) electrons. The zero-order chi connectivity index (χ0) is 17.1. The summed E-state index contributed by atoms with van der Waals surface area (Å²) in [6.07, 6.45) is 1.99. The van der Waals surface area contributed by atoms with Crippen LogP contribution in [0.25, 0.3) is 11.1 Å². The van der Waals surface area contributed by atoms with E-state index in [1.54, 1.807) is 14.0 Å². The summed E-state index contributed by atoms with van der Waals surface area (Å²) in [7, 11) is 1.65. The molecule has 0 aromatic heterocycles. The van der Waals surface area contributed by atoms with Crippen molar-refractivity contribution < 1.29 is 19.4 Å². The Labute approximate surface area is 142 Å². The van der Waals surface area contributed by atoms with Gasteiger partial charge in [-0.1, -0.05) is 24.3 Å². The second-order valence-electron chi connectivity index (χ2n) is 6.15.